The van der Waals surface area contributed by atoms with Crippen LogP contribution in [-0.4, -0.2) is 33.0 Å². The molecule has 13 aromatic rings. The molecule has 17 rings (SSSR count). The molecule has 86 heavy (non-hydrogen) atoms. The minimum absolute atomic E-state index is 0.0222. The highest BCUT2D eigenvalue weighted by Crippen LogP contribution is 2.62. The summed E-state index contributed by atoms with van der Waals surface area (Å²) < 4.78 is 2.65. The number of hydrogen-bond donors (Lipinski definition) is 0. The molecule has 2 unspecified atom stereocenters. The third-order valence-electron chi connectivity index (χ3n) is 21.0. The lowest BCUT2D eigenvalue weighted by Crippen LogP contribution is -2.74. The SMILES string of the molecule is CC12CCCCC1(C)N1c3cc(N(c4ccc([Si](c5ccccc5)(c5ccccc5)c5ccccc5)cc4)c4ccc([Si](c5ccccc5)(c5ccccc5)c5ccccc5)cc4)cc4c3B(c3cccc2c31)c1cccc2c3ccccc3n-4c12. The van der Waals surface area contributed by atoms with Gasteiger partial charge in [-0.05, 0) is 126 Å². The van der Waals surface area contributed by atoms with E-state index in [-0.39, 0.29) is 17.7 Å². The molecule has 1 aromatic heterocycles. The van der Waals surface area contributed by atoms with Crippen LogP contribution in [0.1, 0.15) is 45.1 Å². The molecule has 410 valence electrons. The quantitative estimate of drug-likeness (QED) is 0.0945. The highest BCUT2D eigenvalue weighted by Gasteiger charge is 2.61. The van der Waals surface area contributed by atoms with Crippen molar-refractivity contribution in [3.63, 3.8) is 0 Å². The lowest BCUT2D eigenvalue weighted by molar-refractivity contribution is 0.195. The summed E-state index contributed by atoms with van der Waals surface area (Å²) in [5, 5.41) is 13.5. The fourth-order valence-corrected chi connectivity index (χ4v) is 26.6. The van der Waals surface area contributed by atoms with E-state index in [0.29, 0.717) is 0 Å². The molecule has 0 bridgehead atoms. The Kier molecular flexibility index (Phi) is 11.6. The zero-order valence-electron chi connectivity index (χ0n) is 48.6. The number of rotatable bonds is 11. The average molecular weight is 1130 g/mol. The van der Waals surface area contributed by atoms with E-state index in [0.717, 1.165) is 23.5 Å². The number of hydrogen-bond acceptors (Lipinski definition) is 2. The van der Waals surface area contributed by atoms with Crippen LogP contribution in [-0.2, 0) is 5.41 Å². The minimum atomic E-state index is -2.85. The average Bonchev–Trinajstić information content (AvgIpc) is 1.49. The maximum absolute atomic E-state index is 2.88. The molecule has 12 aromatic carbocycles. The van der Waals surface area contributed by atoms with Crippen LogP contribution in [0.3, 0.4) is 0 Å². The van der Waals surface area contributed by atoms with E-state index < -0.39 is 16.1 Å². The fourth-order valence-electron chi connectivity index (χ4n) is 17.1. The summed E-state index contributed by atoms with van der Waals surface area (Å²) in [4.78, 5) is 5.48. The Balaban J connectivity index is 0.949. The third-order valence-corrected chi connectivity index (χ3v) is 30.6. The molecule has 3 nitrogen and oxygen atoms in total. The third kappa shape index (κ3) is 7.03. The number of anilines is 5. The van der Waals surface area contributed by atoms with Crippen LogP contribution in [0, 0.1) is 0 Å². The zero-order valence-corrected chi connectivity index (χ0v) is 50.6. The van der Waals surface area contributed by atoms with Gasteiger partial charge in [0.1, 0.15) is 0 Å². The van der Waals surface area contributed by atoms with E-state index in [1.165, 1.54) is 122 Å². The van der Waals surface area contributed by atoms with Gasteiger partial charge in [-0.2, -0.15) is 0 Å². The molecule has 0 amide bonds. The minimum Gasteiger partial charge on any atom is -0.335 e. The van der Waals surface area contributed by atoms with Crippen molar-refractivity contribution in [2.45, 2.75) is 50.5 Å². The van der Waals surface area contributed by atoms with Crippen LogP contribution in [0.2, 0.25) is 0 Å². The molecule has 0 saturated heterocycles. The first kappa shape index (κ1) is 51.0. The Morgan fingerprint density at radius 3 is 1.28 bits per heavy atom. The molecule has 0 N–H and O–H groups in total. The van der Waals surface area contributed by atoms with Gasteiger partial charge in [-0.1, -0.05) is 281 Å². The van der Waals surface area contributed by atoms with Gasteiger partial charge in [0.05, 0.1) is 16.7 Å². The van der Waals surface area contributed by atoms with Gasteiger partial charge in [0.2, 0.25) is 0 Å². The van der Waals surface area contributed by atoms with Gasteiger partial charge >= 0.3 is 0 Å². The molecule has 1 aliphatic carbocycles. The number of aromatic nitrogens is 1. The van der Waals surface area contributed by atoms with E-state index in [4.69, 9.17) is 0 Å². The number of nitrogens with zero attached hydrogens (tertiary/aromatic N) is 3. The highest BCUT2D eigenvalue weighted by molar-refractivity contribution is 7.20. The molecule has 1 saturated carbocycles. The molecular weight excluding hydrogens is 1070 g/mol. The van der Waals surface area contributed by atoms with Gasteiger partial charge < -0.3 is 14.4 Å². The second kappa shape index (κ2) is 19.5. The lowest BCUT2D eigenvalue weighted by Gasteiger charge is -2.52. The van der Waals surface area contributed by atoms with Crippen LogP contribution in [0.25, 0.3) is 27.5 Å². The molecular formula is C80H64BN3Si2. The summed E-state index contributed by atoms with van der Waals surface area (Å²) in [7, 11) is -5.71. The maximum Gasteiger partial charge on any atom is 0.252 e. The van der Waals surface area contributed by atoms with Gasteiger partial charge in [0, 0.05) is 50.1 Å². The van der Waals surface area contributed by atoms with Crippen LogP contribution in [0.4, 0.5) is 28.4 Å². The fraction of sp³-hybridized carbons (Fsp3) is 0.100. The van der Waals surface area contributed by atoms with Crippen molar-refractivity contribution in [3.05, 3.63) is 309 Å². The van der Waals surface area contributed by atoms with Gasteiger partial charge in [-0.3, -0.25) is 0 Å². The summed E-state index contributed by atoms with van der Waals surface area (Å²) in [6.45, 7) is 5.27. The Hall–Kier alpha value is -9.46. The van der Waals surface area contributed by atoms with E-state index >= 15 is 0 Å². The molecule has 0 spiro atoms. The van der Waals surface area contributed by atoms with E-state index in [2.05, 4.69) is 332 Å². The lowest BCUT2D eigenvalue weighted by atomic mass is 9.33. The van der Waals surface area contributed by atoms with Gasteiger partial charge in [-0.25, -0.2) is 0 Å². The van der Waals surface area contributed by atoms with E-state index in [1.54, 1.807) is 0 Å². The first-order chi connectivity index (χ1) is 42.4. The van der Waals surface area contributed by atoms with Gasteiger partial charge in [0.15, 0.2) is 16.1 Å². The monoisotopic (exact) mass is 1130 g/mol. The van der Waals surface area contributed by atoms with Crippen molar-refractivity contribution in [1.82, 2.24) is 4.57 Å². The van der Waals surface area contributed by atoms with Gasteiger partial charge in [0.25, 0.3) is 6.71 Å². The second-order valence-electron chi connectivity index (χ2n) is 24.9. The van der Waals surface area contributed by atoms with Crippen molar-refractivity contribution in [1.29, 1.82) is 0 Å². The van der Waals surface area contributed by atoms with Crippen molar-refractivity contribution >= 4 is 131 Å². The molecule has 0 radical (unpaired) electrons. The van der Waals surface area contributed by atoms with Crippen molar-refractivity contribution < 1.29 is 0 Å². The Bertz CT molecular complexity index is 4370. The normalized spacial score (nSPS) is 17.3. The maximum atomic E-state index is 2.88. The Labute approximate surface area is 507 Å². The highest BCUT2D eigenvalue weighted by atomic mass is 28.3. The van der Waals surface area contributed by atoms with Crippen LogP contribution < -0.4 is 67.7 Å². The van der Waals surface area contributed by atoms with Crippen LogP contribution >= 0.6 is 0 Å². The Morgan fingerprint density at radius 2 is 0.779 bits per heavy atom. The van der Waals surface area contributed by atoms with E-state index in [9.17, 15) is 0 Å². The van der Waals surface area contributed by atoms with Crippen molar-refractivity contribution in [2.75, 3.05) is 9.80 Å². The van der Waals surface area contributed by atoms with Crippen molar-refractivity contribution in [2.24, 2.45) is 0 Å². The standard InChI is InChI=1S/C80H64BN3Si2/c1-79-53-23-24-54-80(79,2)84-75-56-59(55-74-76(75)81(72-43-26-41-70(79)78(72)84)71-42-25-40-69-68-39-21-22-44-73(68)83(74)77(69)71)82(57-45-49-66(50-46-57)85(60-27-9-3-10-28-60,61-29-11-4-12-30-61)62-31-13-5-14-32-62)58-47-51-67(52-48-58)86(63-33-15-6-16-34-63,64-35-17-7-18-36-64)65-37-19-8-20-38-65/h3-22,25-52,55-56H,23-24,53-54H2,1-2H3. The molecule has 6 heteroatoms. The zero-order chi connectivity index (χ0) is 57.2. The second-order valence-corrected chi connectivity index (χ2v) is 32.6. The molecule has 1 fully saturated rings. The topological polar surface area (TPSA) is 11.4 Å². The summed E-state index contributed by atoms with van der Waals surface area (Å²) >= 11 is 0. The van der Waals surface area contributed by atoms with Gasteiger partial charge in [-0.15, -0.1) is 0 Å². The number of para-hydroxylation sites is 3. The summed E-state index contributed by atoms with van der Waals surface area (Å²) in [5.74, 6) is 0. The van der Waals surface area contributed by atoms with Crippen LogP contribution in [0.15, 0.2) is 303 Å². The molecule has 4 aliphatic rings. The largest absolute Gasteiger partial charge is 0.335 e. The first-order valence-corrected chi connectivity index (χ1v) is 34.9. The predicted octanol–water partition coefficient (Wildman–Crippen LogP) is 11.9. The van der Waals surface area contributed by atoms with Crippen LogP contribution in [0.5, 0.6) is 0 Å². The number of benzene rings is 12. The molecule has 4 heterocycles. The summed E-state index contributed by atoms with van der Waals surface area (Å²) in [6, 6.07) is 116. The summed E-state index contributed by atoms with van der Waals surface area (Å²) in [6.07, 6.45) is 4.77. The van der Waals surface area contributed by atoms with Crippen molar-refractivity contribution in [3.8, 4) is 5.69 Å². The first-order valence-electron chi connectivity index (χ1n) is 30.9. The smallest absolute Gasteiger partial charge is 0.252 e. The predicted molar refractivity (Wildman–Crippen MR) is 370 cm³/mol. The van der Waals surface area contributed by atoms with E-state index in [1.807, 2.05) is 0 Å². The molecule has 3 aliphatic heterocycles. The summed E-state index contributed by atoms with van der Waals surface area (Å²) in [5.41, 5.74) is 15.6. The number of fused-ring (bicyclic) bond motifs is 10. The molecule has 2 atom stereocenters. The Morgan fingerprint density at radius 1 is 0.372 bits per heavy atom.